The quantitative estimate of drug-likeness (QED) is 0.712. The SMILES string of the molecule is O=C1CO[C@H]2CCN(C(=O)N3CC(c4ccc(Oc5ccccc5Cl)cc4)C3)C[C@H]2C1. The van der Waals surface area contributed by atoms with Crippen molar-refractivity contribution >= 4 is 23.4 Å². The van der Waals surface area contributed by atoms with Crippen molar-refractivity contribution in [3.63, 3.8) is 0 Å². The number of amides is 2. The Bertz CT molecular complexity index is 974. The Kier molecular flexibility index (Phi) is 5.59. The van der Waals surface area contributed by atoms with Gasteiger partial charge in [0, 0.05) is 44.4 Å². The van der Waals surface area contributed by atoms with Crippen LogP contribution in [0.3, 0.4) is 0 Å². The summed E-state index contributed by atoms with van der Waals surface area (Å²) in [7, 11) is 0. The zero-order valence-corrected chi connectivity index (χ0v) is 18.0. The number of carbonyl (C=O) groups excluding carboxylic acids is 2. The van der Waals surface area contributed by atoms with Gasteiger partial charge in [-0.05, 0) is 36.2 Å². The normalized spacial score (nSPS) is 23.8. The number of benzene rings is 2. The van der Waals surface area contributed by atoms with Crippen molar-refractivity contribution in [2.24, 2.45) is 5.92 Å². The molecule has 0 aromatic heterocycles. The van der Waals surface area contributed by atoms with Crippen LogP contribution in [0.25, 0.3) is 0 Å². The van der Waals surface area contributed by atoms with Crippen LogP contribution >= 0.6 is 11.6 Å². The van der Waals surface area contributed by atoms with Gasteiger partial charge in [-0.3, -0.25) is 4.79 Å². The fourth-order valence-corrected chi connectivity index (χ4v) is 4.83. The molecule has 0 aliphatic carbocycles. The van der Waals surface area contributed by atoms with Gasteiger partial charge in [0.05, 0.1) is 11.1 Å². The predicted molar refractivity (Wildman–Crippen MR) is 117 cm³/mol. The molecule has 0 radical (unpaired) electrons. The molecule has 2 atom stereocenters. The average molecular weight is 441 g/mol. The van der Waals surface area contributed by atoms with E-state index in [2.05, 4.69) is 12.1 Å². The Balaban J connectivity index is 1.14. The maximum atomic E-state index is 12.9. The molecule has 0 spiro atoms. The molecule has 3 fully saturated rings. The zero-order valence-electron chi connectivity index (χ0n) is 17.2. The lowest BCUT2D eigenvalue weighted by molar-refractivity contribution is -0.140. The molecule has 3 aliphatic rings. The minimum atomic E-state index is 0.0754. The number of rotatable bonds is 3. The van der Waals surface area contributed by atoms with Crippen LogP contribution in [-0.2, 0) is 9.53 Å². The number of fused-ring (bicyclic) bond motifs is 1. The number of piperidine rings is 1. The first-order chi connectivity index (χ1) is 15.1. The molecule has 2 aromatic rings. The molecule has 6 nitrogen and oxygen atoms in total. The van der Waals surface area contributed by atoms with Crippen LogP contribution in [0.15, 0.2) is 48.5 Å². The second-order valence-electron chi connectivity index (χ2n) is 8.57. The number of ketones is 1. The van der Waals surface area contributed by atoms with E-state index < -0.39 is 0 Å². The fourth-order valence-electron chi connectivity index (χ4n) is 4.66. The number of Topliss-reactive ketones (excluding diaryl/α,β-unsaturated/α-hetero) is 1. The smallest absolute Gasteiger partial charge is 0.320 e. The van der Waals surface area contributed by atoms with Gasteiger partial charge in [-0.15, -0.1) is 0 Å². The first-order valence-corrected chi connectivity index (χ1v) is 11.1. The number of nitrogens with zero attached hydrogens (tertiary/aromatic N) is 2. The summed E-state index contributed by atoms with van der Waals surface area (Å²) in [5, 5.41) is 0.577. The van der Waals surface area contributed by atoms with Gasteiger partial charge in [-0.2, -0.15) is 0 Å². The highest BCUT2D eigenvalue weighted by molar-refractivity contribution is 6.32. The molecule has 31 heavy (non-hydrogen) atoms. The maximum Gasteiger partial charge on any atom is 0.320 e. The summed E-state index contributed by atoms with van der Waals surface area (Å²) in [4.78, 5) is 28.4. The van der Waals surface area contributed by atoms with Crippen molar-refractivity contribution in [1.82, 2.24) is 9.80 Å². The Labute approximate surface area is 186 Å². The third kappa shape index (κ3) is 4.27. The van der Waals surface area contributed by atoms with Crippen LogP contribution in [0, 0.1) is 5.92 Å². The minimum absolute atomic E-state index is 0.0754. The monoisotopic (exact) mass is 440 g/mol. The van der Waals surface area contributed by atoms with Gasteiger partial charge in [0.1, 0.15) is 18.1 Å². The number of hydrogen-bond donors (Lipinski definition) is 0. The van der Waals surface area contributed by atoms with Crippen molar-refractivity contribution in [3.05, 3.63) is 59.1 Å². The van der Waals surface area contributed by atoms with Crippen LogP contribution in [-0.4, -0.2) is 60.5 Å². The van der Waals surface area contributed by atoms with Gasteiger partial charge < -0.3 is 19.3 Å². The van der Waals surface area contributed by atoms with Gasteiger partial charge in [-0.1, -0.05) is 35.9 Å². The standard InChI is InChI=1S/C24H25ClN2O4/c25-21-3-1-2-4-23(21)31-20-7-5-16(6-8-20)18-13-27(14-18)24(29)26-10-9-22-17(12-26)11-19(28)15-30-22/h1-8,17-18,22H,9-15H2/t17-,22+/m1/s1. The van der Waals surface area contributed by atoms with E-state index in [9.17, 15) is 9.59 Å². The van der Waals surface area contributed by atoms with Crippen molar-refractivity contribution in [1.29, 1.82) is 0 Å². The van der Waals surface area contributed by atoms with Crippen molar-refractivity contribution in [2.75, 3.05) is 32.8 Å². The van der Waals surface area contributed by atoms with Crippen molar-refractivity contribution in [2.45, 2.75) is 24.9 Å². The highest BCUT2D eigenvalue weighted by Crippen LogP contribution is 2.33. The third-order valence-corrected chi connectivity index (χ3v) is 6.76. The highest BCUT2D eigenvalue weighted by atomic mass is 35.5. The molecule has 3 aliphatic heterocycles. The summed E-state index contributed by atoms with van der Waals surface area (Å²) in [6, 6.07) is 15.4. The lowest BCUT2D eigenvalue weighted by Crippen LogP contribution is -2.58. The van der Waals surface area contributed by atoms with E-state index in [0.717, 1.165) is 12.2 Å². The van der Waals surface area contributed by atoms with E-state index in [1.807, 2.05) is 40.1 Å². The zero-order chi connectivity index (χ0) is 21.4. The van der Waals surface area contributed by atoms with Crippen LogP contribution in [0.2, 0.25) is 5.02 Å². The molecule has 5 rings (SSSR count). The molecule has 0 N–H and O–H groups in total. The van der Waals surface area contributed by atoms with Gasteiger partial charge in [0.2, 0.25) is 0 Å². The Morgan fingerprint density at radius 3 is 2.58 bits per heavy atom. The van der Waals surface area contributed by atoms with E-state index in [4.69, 9.17) is 21.1 Å². The molecular weight excluding hydrogens is 416 g/mol. The first-order valence-electron chi connectivity index (χ1n) is 10.8. The Hall–Kier alpha value is -2.57. The molecule has 162 valence electrons. The second kappa shape index (κ2) is 8.52. The molecule has 7 heteroatoms. The Morgan fingerprint density at radius 2 is 1.81 bits per heavy atom. The lowest BCUT2D eigenvalue weighted by atomic mass is 9.87. The maximum absolute atomic E-state index is 12.9. The molecule has 2 amide bonds. The molecule has 0 saturated carbocycles. The molecule has 2 aromatic carbocycles. The predicted octanol–water partition coefficient (Wildman–Crippen LogP) is 4.33. The van der Waals surface area contributed by atoms with Crippen molar-refractivity contribution in [3.8, 4) is 11.5 Å². The summed E-state index contributed by atoms with van der Waals surface area (Å²) in [6.45, 7) is 2.96. The van der Waals surface area contributed by atoms with E-state index in [1.54, 1.807) is 6.07 Å². The first kappa shape index (κ1) is 20.3. The third-order valence-electron chi connectivity index (χ3n) is 6.45. The van der Waals surface area contributed by atoms with E-state index >= 15 is 0 Å². The number of likely N-dealkylation sites (tertiary alicyclic amines) is 2. The number of ether oxygens (including phenoxy) is 2. The largest absolute Gasteiger partial charge is 0.456 e. The summed E-state index contributed by atoms with van der Waals surface area (Å²) in [5.74, 6) is 1.97. The highest BCUT2D eigenvalue weighted by Gasteiger charge is 2.40. The number of carbonyl (C=O) groups is 2. The topological polar surface area (TPSA) is 59.1 Å². The van der Waals surface area contributed by atoms with Crippen LogP contribution in [0.4, 0.5) is 4.79 Å². The number of halogens is 1. The summed E-state index contributed by atoms with van der Waals surface area (Å²) < 4.78 is 11.5. The Morgan fingerprint density at radius 1 is 1.03 bits per heavy atom. The van der Waals surface area contributed by atoms with Gasteiger partial charge in [0.15, 0.2) is 5.78 Å². The van der Waals surface area contributed by atoms with Gasteiger partial charge in [0.25, 0.3) is 0 Å². The molecular formula is C24H25ClN2O4. The minimum Gasteiger partial charge on any atom is -0.456 e. The van der Waals surface area contributed by atoms with Crippen molar-refractivity contribution < 1.29 is 19.1 Å². The number of hydrogen-bond acceptors (Lipinski definition) is 4. The molecule has 0 unspecified atom stereocenters. The summed E-state index contributed by atoms with van der Waals surface area (Å²) >= 11 is 6.15. The van der Waals surface area contributed by atoms with E-state index in [-0.39, 0.29) is 30.4 Å². The average Bonchev–Trinajstić information content (AvgIpc) is 2.75. The molecule has 3 heterocycles. The lowest BCUT2D eigenvalue weighted by Gasteiger charge is -2.46. The van der Waals surface area contributed by atoms with E-state index in [0.29, 0.717) is 49.3 Å². The molecule has 0 bridgehead atoms. The molecule has 3 saturated heterocycles. The summed E-state index contributed by atoms with van der Waals surface area (Å²) in [6.07, 6.45) is 1.46. The van der Waals surface area contributed by atoms with Crippen LogP contribution in [0.1, 0.15) is 24.3 Å². The number of urea groups is 1. The van der Waals surface area contributed by atoms with Gasteiger partial charge >= 0.3 is 6.03 Å². The second-order valence-corrected chi connectivity index (χ2v) is 8.98. The van der Waals surface area contributed by atoms with Gasteiger partial charge in [-0.25, -0.2) is 4.79 Å². The fraction of sp³-hybridized carbons (Fsp3) is 0.417. The number of para-hydroxylation sites is 1. The van der Waals surface area contributed by atoms with E-state index in [1.165, 1.54) is 5.56 Å². The summed E-state index contributed by atoms with van der Waals surface area (Å²) in [5.41, 5.74) is 1.19. The van der Waals surface area contributed by atoms with Crippen LogP contribution < -0.4 is 4.74 Å². The van der Waals surface area contributed by atoms with Crippen LogP contribution in [0.5, 0.6) is 11.5 Å².